The van der Waals surface area contributed by atoms with Crippen LogP contribution in [0.1, 0.15) is 24.8 Å². The molecule has 17 heavy (non-hydrogen) atoms. The van der Waals surface area contributed by atoms with Crippen LogP contribution in [0.3, 0.4) is 0 Å². The van der Waals surface area contributed by atoms with Gasteiger partial charge in [0.15, 0.2) is 0 Å². The minimum absolute atomic E-state index is 0.0930. The summed E-state index contributed by atoms with van der Waals surface area (Å²) < 4.78 is 2.08. The number of aliphatic carboxylic acids is 1. The zero-order valence-electron chi connectivity index (χ0n) is 9.81. The molecule has 0 unspecified atom stereocenters. The Morgan fingerprint density at radius 1 is 1.41 bits per heavy atom. The number of hydrogen-bond acceptors (Lipinski definition) is 1. The number of benzene rings is 1. The van der Waals surface area contributed by atoms with E-state index in [0.29, 0.717) is 0 Å². The van der Waals surface area contributed by atoms with Crippen molar-refractivity contribution in [2.75, 3.05) is 0 Å². The molecule has 2 aromatic rings. The Morgan fingerprint density at radius 3 is 2.82 bits per heavy atom. The van der Waals surface area contributed by atoms with E-state index in [1.165, 1.54) is 16.5 Å². The fraction of sp³-hybridized carbons (Fsp3) is 0.357. The monoisotopic (exact) mass is 229 g/mol. The molecule has 1 fully saturated rings. The third-order valence-electron chi connectivity index (χ3n) is 3.84. The minimum atomic E-state index is -0.700. The summed E-state index contributed by atoms with van der Waals surface area (Å²) in [4.78, 5) is 10.9. The normalized spacial score (nSPS) is 17.2. The first-order valence-corrected chi connectivity index (χ1v) is 5.88. The van der Waals surface area contributed by atoms with Crippen molar-refractivity contribution in [2.24, 2.45) is 7.05 Å². The van der Waals surface area contributed by atoms with Gasteiger partial charge in [-0.3, -0.25) is 4.79 Å². The zero-order chi connectivity index (χ0) is 12.0. The van der Waals surface area contributed by atoms with E-state index < -0.39 is 5.97 Å². The predicted molar refractivity (Wildman–Crippen MR) is 66.1 cm³/mol. The lowest BCUT2D eigenvalue weighted by atomic mass is 9.92. The van der Waals surface area contributed by atoms with Gasteiger partial charge in [0.1, 0.15) is 0 Å². The SMILES string of the molecule is Cn1ccc2ccc(C3(CC(=O)O)CC3)cc21. The average Bonchev–Trinajstić information content (AvgIpc) is 2.97. The molecule has 1 heterocycles. The molecule has 3 nitrogen and oxygen atoms in total. The Hall–Kier alpha value is -1.77. The van der Waals surface area contributed by atoms with Gasteiger partial charge in [-0.05, 0) is 35.9 Å². The van der Waals surface area contributed by atoms with Gasteiger partial charge < -0.3 is 9.67 Å². The lowest BCUT2D eigenvalue weighted by Gasteiger charge is -2.13. The van der Waals surface area contributed by atoms with Crippen molar-refractivity contribution >= 4 is 16.9 Å². The molecular weight excluding hydrogens is 214 g/mol. The van der Waals surface area contributed by atoms with Gasteiger partial charge in [0.2, 0.25) is 0 Å². The van der Waals surface area contributed by atoms with Crippen LogP contribution in [0, 0.1) is 0 Å². The molecule has 1 aromatic carbocycles. The van der Waals surface area contributed by atoms with Crippen molar-refractivity contribution in [1.82, 2.24) is 4.57 Å². The molecule has 0 saturated heterocycles. The Balaban J connectivity index is 2.06. The summed E-state index contributed by atoms with van der Waals surface area (Å²) in [6.07, 6.45) is 4.28. The minimum Gasteiger partial charge on any atom is -0.481 e. The number of carboxylic acid groups (broad SMARTS) is 1. The molecule has 0 bridgehead atoms. The summed E-state index contributed by atoms with van der Waals surface area (Å²) in [5, 5.41) is 10.2. The fourth-order valence-electron chi connectivity index (χ4n) is 2.60. The molecule has 1 N–H and O–H groups in total. The molecule has 1 aliphatic rings. The van der Waals surface area contributed by atoms with Crippen molar-refractivity contribution in [3.05, 3.63) is 36.0 Å². The number of aromatic nitrogens is 1. The maximum absolute atomic E-state index is 10.9. The van der Waals surface area contributed by atoms with Crippen LogP contribution < -0.4 is 0 Å². The van der Waals surface area contributed by atoms with Crippen LogP contribution in [0.4, 0.5) is 0 Å². The topological polar surface area (TPSA) is 42.2 Å². The van der Waals surface area contributed by atoms with Crippen molar-refractivity contribution < 1.29 is 9.90 Å². The Morgan fingerprint density at radius 2 is 2.18 bits per heavy atom. The fourth-order valence-corrected chi connectivity index (χ4v) is 2.60. The number of aryl methyl sites for hydroxylation is 1. The molecule has 88 valence electrons. The van der Waals surface area contributed by atoms with Gasteiger partial charge in [-0.25, -0.2) is 0 Å². The molecule has 3 rings (SSSR count). The largest absolute Gasteiger partial charge is 0.481 e. The number of carbonyl (C=O) groups is 1. The second-order valence-electron chi connectivity index (χ2n) is 5.05. The van der Waals surface area contributed by atoms with Crippen LogP contribution in [0.15, 0.2) is 30.5 Å². The first-order chi connectivity index (χ1) is 8.11. The van der Waals surface area contributed by atoms with Gasteiger partial charge in [-0.1, -0.05) is 12.1 Å². The Labute approximate surface area is 99.7 Å². The third kappa shape index (κ3) is 1.62. The Bertz CT molecular complexity index is 593. The zero-order valence-corrected chi connectivity index (χ0v) is 9.81. The number of fused-ring (bicyclic) bond motifs is 1. The van der Waals surface area contributed by atoms with E-state index in [-0.39, 0.29) is 11.8 Å². The summed E-state index contributed by atoms with van der Waals surface area (Å²) in [5.41, 5.74) is 2.26. The standard InChI is InChI=1S/C14H15NO2/c1-15-7-4-10-2-3-11(8-12(10)15)14(5-6-14)9-13(16)17/h2-4,7-8H,5-6,9H2,1H3,(H,16,17). The van der Waals surface area contributed by atoms with Gasteiger partial charge in [0.25, 0.3) is 0 Å². The Kier molecular flexibility index (Phi) is 2.05. The van der Waals surface area contributed by atoms with Gasteiger partial charge in [-0.2, -0.15) is 0 Å². The molecular formula is C14H15NO2. The van der Waals surface area contributed by atoms with Crippen LogP contribution in [0.2, 0.25) is 0 Å². The van der Waals surface area contributed by atoms with Crippen molar-refractivity contribution in [3.63, 3.8) is 0 Å². The highest BCUT2D eigenvalue weighted by Gasteiger charge is 2.46. The highest BCUT2D eigenvalue weighted by Crippen LogP contribution is 2.51. The molecule has 0 aliphatic heterocycles. The predicted octanol–water partition coefficient (Wildman–Crippen LogP) is 2.68. The first kappa shape index (κ1) is 10.4. The van der Waals surface area contributed by atoms with E-state index in [1.54, 1.807) is 0 Å². The smallest absolute Gasteiger partial charge is 0.304 e. The quantitative estimate of drug-likeness (QED) is 0.879. The summed E-state index contributed by atoms with van der Waals surface area (Å²) in [6, 6.07) is 8.39. The lowest BCUT2D eigenvalue weighted by molar-refractivity contribution is -0.137. The number of hydrogen-bond donors (Lipinski definition) is 1. The number of carboxylic acids is 1. The van der Waals surface area contributed by atoms with E-state index in [4.69, 9.17) is 5.11 Å². The lowest BCUT2D eigenvalue weighted by Crippen LogP contribution is -2.12. The van der Waals surface area contributed by atoms with Gasteiger partial charge in [0.05, 0.1) is 6.42 Å². The van der Waals surface area contributed by atoms with E-state index in [0.717, 1.165) is 12.8 Å². The molecule has 0 amide bonds. The molecule has 1 saturated carbocycles. The van der Waals surface area contributed by atoms with Gasteiger partial charge in [-0.15, -0.1) is 0 Å². The molecule has 0 radical (unpaired) electrons. The van der Waals surface area contributed by atoms with Crippen molar-refractivity contribution in [1.29, 1.82) is 0 Å². The van der Waals surface area contributed by atoms with Crippen LogP contribution in [-0.4, -0.2) is 15.6 Å². The van der Waals surface area contributed by atoms with Crippen LogP contribution in [0.5, 0.6) is 0 Å². The summed E-state index contributed by atoms with van der Waals surface area (Å²) in [5.74, 6) is -0.700. The van der Waals surface area contributed by atoms with Crippen LogP contribution >= 0.6 is 0 Å². The highest BCUT2D eigenvalue weighted by atomic mass is 16.4. The number of rotatable bonds is 3. The maximum atomic E-state index is 10.9. The summed E-state index contributed by atoms with van der Waals surface area (Å²) >= 11 is 0. The van der Waals surface area contributed by atoms with Crippen LogP contribution in [0.25, 0.3) is 10.9 Å². The average molecular weight is 229 g/mol. The van der Waals surface area contributed by atoms with Crippen molar-refractivity contribution in [2.45, 2.75) is 24.7 Å². The molecule has 0 atom stereocenters. The molecule has 1 aliphatic carbocycles. The molecule has 3 heteroatoms. The summed E-state index contributed by atoms with van der Waals surface area (Å²) in [6.45, 7) is 0. The maximum Gasteiger partial charge on any atom is 0.304 e. The van der Waals surface area contributed by atoms with E-state index in [9.17, 15) is 4.79 Å². The second-order valence-corrected chi connectivity index (χ2v) is 5.05. The highest BCUT2D eigenvalue weighted by molar-refractivity contribution is 5.81. The summed E-state index contributed by atoms with van der Waals surface area (Å²) in [7, 11) is 2.02. The number of nitrogens with zero attached hydrogens (tertiary/aromatic N) is 1. The van der Waals surface area contributed by atoms with Gasteiger partial charge in [0, 0.05) is 24.2 Å². The van der Waals surface area contributed by atoms with E-state index >= 15 is 0 Å². The van der Waals surface area contributed by atoms with E-state index in [1.807, 2.05) is 13.2 Å². The van der Waals surface area contributed by atoms with Gasteiger partial charge >= 0.3 is 5.97 Å². The molecule has 1 aromatic heterocycles. The van der Waals surface area contributed by atoms with E-state index in [2.05, 4.69) is 28.8 Å². The molecule has 0 spiro atoms. The van der Waals surface area contributed by atoms with Crippen LogP contribution in [-0.2, 0) is 17.3 Å². The second kappa shape index (κ2) is 3.36. The first-order valence-electron chi connectivity index (χ1n) is 5.88. The third-order valence-corrected chi connectivity index (χ3v) is 3.84. The van der Waals surface area contributed by atoms with Crippen molar-refractivity contribution in [3.8, 4) is 0 Å².